The van der Waals surface area contributed by atoms with Gasteiger partial charge in [0.05, 0.1) is 27.9 Å². The Morgan fingerprint density at radius 2 is 1.77 bits per heavy atom. The monoisotopic (exact) mass is 418 g/mol. The van der Waals surface area contributed by atoms with E-state index in [1.165, 1.54) is 33.5 Å². The van der Waals surface area contributed by atoms with Gasteiger partial charge in [0, 0.05) is 6.08 Å². The van der Waals surface area contributed by atoms with Gasteiger partial charge in [0.1, 0.15) is 5.69 Å². The Morgan fingerprint density at radius 3 is 2.27 bits per heavy atom. The maximum Gasteiger partial charge on any atom is 0.374 e. The Labute approximate surface area is 172 Å². The number of carbonyl (C=O) groups excluding carboxylic acids is 3. The summed E-state index contributed by atoms with van der Waals surface area (Å²) in [5.41, 5.74) is 5.62. The Kier molecular flexibility index (Phi) is 7.39. The van der Waals surface area contributed by atoms with Crippen molar-refractivity contribution in [2.24, 2.45) is 5.73 Å². The van der Waals surface area contributed by atoms with Crippen LogP contribution in [0, 0.1) is 0 Å². The van der Waals surface area contributed by atoms with Gasteiger partial charge in [-0.3, -0.25) is 9.59 Å². The molecule has 2 amide bonds. The number of methoxy groups -OCH3 is 3. The molecule has 2 aromatic rings. The average molecular weight is 418 g/mol. The number of ether oxygens (including phenoxy) is 4. The van der Waals surface area contributed by atoms with Crippen molar-refractivity contribution in [2.75, 3.05) is 33.3 Å². The number of aromatic nitrogens is 2. The summed E-state index contributed by atoms with van der Waals surface area (Å²) in [5.74, 6) is -1.50. The number of primary amides is 1. The molecule has 160 valence electrons. The summed E-state index contributed by atoms with van der Waals surface area (Å²) in [7, 11) is 4.43. The normalized spacial score (nSPS) is 10.5. The van der Waals surface area contributed by atoms with Crippen LogP contribution in [0.1, 0.15) is 33.6 Å². The van der Waals surface area contributed by atoms with Gasteiger partial charge in [-0.1, -0.05) is 0 Å². The molecule has 0 aliphatic heterocycles. The van der Waals surface area contributed by atoms with Crippen molar-refractivity contribution in [1.82, 2.24) is 9.97 Å². The number of H-pyrrole nitrogens is 1. The lowest BCUT2D eigenvalue weighted by Crippen LogP contribution is -2.17. The van der Waals surface area contributed by atoms with E-state index in [1.807, 2.05) is 0 Å². The van der Waals surface area contributed by atoms with E-state index >= 15 is 0 Å². The smallest absolute Gasteiger partial charge is 0.374 e. The molecule has 0 atom stereocenters. The molecule has 11 nitrogen and oxygen atoms in total. The number of imidazole rings is 1. The second-order valence-electron chi connectivity index (χ2n) is 5.67. The number of anilines is 1. The molecule has 4 N–H and O–H groups in total. The maximum atomic E-state index is 12.3. The predicted molar refractivity (Wildman–Crippen MR) is 107 cm³/mol. The summed E-state index contributed by atoms with van der Waals surface area (Å²) < 4.78 is 20.6. The number of hydrogen-bond acceptors (Lipinski definition) is 8. The van der Waals surface area contributed by atoms with Crippen LogP contribution in [-0.4, -0.2) is 55.7 Å². The molecule has 0 radical (unpaired) electrons. The summed E-state index contributed by atoms with van der Waals surface area (Å²) in [5, 5.41) is 2.40. The van der Waals surface area contributed by atoms with Crippen molar-refractivity contribution >= 4 is 29.7 Å². The van der Waals surface area contributed by atoms with Crippen LogP contribution in [0.15, 0.2) is 18.2 Å². The lowest BCUT2D eigenvalue weighted by molar-refractivity contribution is -0.111. The van der Waals surface area contributed by atoms with E-state index in [2.05, 4.69) is 15.3 Å². The first-order chi connectivity index (χ1) is 14.3. The van der Waals surface area contributed by atoms with Gasteiger partial charge in [-0.2, -0.15) is 0 Å². The number of amides is 2. The average Bonchev–Trinajstić information content (AvgIpc) is 3.15. The van der Waals surface area contributed by atoms with Crippen LogP contribution in [0.25, 0.3) is 6.08 Å². The fourth-order valence-corrected chi connectivity index (χ4v) is 2.47. The summed E-state index contributed by atoms with van der Waals surface area (Å²) in [6.07, 6.45) is 2.69. The SMILES string of the molecule is CCOC(=O)c1nc(NC(=O)/C=C/c2cc(OC)c(OC)c(OC)c2)c(C(N)=O)[nH]1. The molecule has 0 aliphatic rings. The van der Waals surface area contributed by atoms with Crippen molar-refractivity contribution in [3.8, 4) is 17.2 Å². The minimum atomic E-state index is -0.901. The molecule has 2 rings (SSSR count). The first-order valence-corrected chi connectivity index (χ1v) is 8.70. The molecule has 0 spiro atoms. The van der Waals surface area contributed by atoms with Crippen LogP contribution >= 0.6 is 0 Å². The van der Waals surface area contributed by atoms with E-state index in [-0.39, 0.29) is 23.9 Å². The van der Waals surface area contributed by atoms with Crippen LogP contribution in [0.2, 0.25) is 0 Å². The van der Waals surface area contributed by atoms with Crippen molar-refractivity contribution in [3.05, 3.63) is 35.3 Å². The van der Waals surface area contributed by atoms with Crippen LogP contribution in [0.5, 0.6) is 17.2 Å². The Balaban J connectivity index is 2.24. The van der Waals surface area contributed by atoms with E-state index in [4.69, 9.17) is 24.7 Å². The highest BCUT2D eigenvalue weighted by Gasteiger charge is 2.21. The van der Waals surface area contributed by atoms with E-state index in [1.54, 1.807) is 19.1 Å². The highest BCUT2D eigenvalue weighted by atomic mass is 16.5. The molecule has 1 aromatic heterocycles. The lowest BCUT2D eigenvalue weighted by Gasteiger charge is -2.12. The summed E-state index contributed by atoms with van der Waals surface area (Å²) >= 11 is 0. The number of rotatable bonds is 9. The zero-order chi connectivity index (χ0) is 22.3. The van der Waals surface area contributed by atoms with Gasteiger partial charge in [-0.25, -0.2) is 9.78 Å². The van der Waals surface area contributed by atoms with Gasteiger partial charge in [0.2, 0.25) is 17.5 Å². The number of nitrogens with one attached hydrogen (secondary N) is 2. The minimum absolute atomic E-state index is 0.116. The van der Waals surface area contributed by atoms with Crippen molar-refractivity contribution in [1.29, 1.82) is 0 Å². The molecule has 0 saturated heterocycles. The fourth-order valence-electron chi connectivity index (χ4n) is 2.47. The van der Waals surface area contributed by atoms with Gasteiger partial charge in [-0.05, 0) is 30.7 Å². The molecule has 0 bridgehead atoms. The first kappa shape index (κ1) is 22.3. The molecule has 30 heavy (non-hydrogen) atoms. The lowest BCUT2D eigenvalue weighted by atomic mass is 10.1. The van der Waals surface area contributed by atoms with Crippen LogP contribution in [0.3, 0.4) is 0 Å². The van der Waals surface area contributed by atoms with Gasteiger partial charge < -0.3 is 35.0 Å². The molecule has 0 saturated carbocycles. The Morgan fingerprint density at radius 1 is 1.13 bits per heavy atom. The van der Waals surface area contributed by atoms with Crippen molar-refractivity contribution in [2.45, 2.75) is 6.92 Å². The number of hydrogen-bond donors (Lipinski definition) is 3. The Hall–Kier alpha value is -4.02. The largest absolute Gasteiger partial charge is 0.493 e. The van der Waals surface area contributed by atoms with Crippen LogP contribution in [0.4, 0.5) is 5.82 Å². The predicted octanol–water partition coefficient (Wildman–Crippen LogP) is 1.36. The molecule has 0 fully saturated rings. The van der Waals surface area contributed by atoms with Gasteiger partial charge in [0.15, 0.2) is 17.3 Å². The fraction of sp³-hybridized carbons (Fsp3) is 0.263. The Bertz CT molecular complexity index is 956. The number of benzene rings is 1. The van der Waals surface area contributed by atoms with E-state index in [0.717, 1.165) is 0 Å². The van der Waals surface area contributed by atoms with Gasteiger partial charge in [0.25, 0.3) is 5.91 Å². The number of nitrogens with zero attached hydrogens (tertiary/aromatic N) is 1. The maximum absolute atomic E-state index is 12.3. The van der Waals surface area contributed by atoms with E-state index in [9.17, 15) is 14.4 Å². The second kappa shape index (κ2) is 9.96. The van der Waals surface area contributed by atoms with Crippen LogP contribution < -0.4 is 25.3 Å². The molecule has 0 aliphatic carbocycles. The quantitative estimate of drug-likeness (QED) is 0.407. The molecule has 11 heteroatoms. The van der Waals surface area contributed by atoms with Crippen molar-refractivity contribution < 1.29 is 33.3 Å². The van der Waals surface area contributed by atoms with E-state index < -0.39 is 17.8 Å². The number of carbonyl (C=O) groups is 3. The third kappa shape index (κ3) is 5.07. The first-order valence-electron chi connectivity index (χ1n) is 8.70. The second-order valence-corrected chi connectivity index (χ2v) is 5.67. The molecule has 0 unspecified atom stereocenters. The summed E-state index contributed by atoms with van der Waals surface area (Å²) in [6, 6.07) is 3.29. The molecular formula is C19H22N4O7. The summed E-state index contributed by atoms with van der Waals surface area (Å²) in [6.45, 7) is 1.73. The zero-order valence-electron chi connectivity index (χ0n) is 16.9. The third-order valence-corrected chi connectivity index (χ3v) is 3.77. The van der Waals surface area contributed by atoms with E-state index in [0.29, 0.717) is 22.8 Å². The molecule has 1 aromatic carbocycles. The molecule has 1 heterocycles. The molecular weight excluding hydrogens is 396 g/mol. The topological polar surface area (TPSA) is 155 Å². The van der Waals surface area contributed by atoms with Gasteiger partial charge in [-0.15, -0.1) is 0 Å². The number of esters is 1. The zero-order valence-corrected chi connectivity index (χ0v) is 16.9. The van der Waals surface area contributed by atoms with Crippen molar-refractivity contribution in [3.63, 3.8) is 0 Å². The third-order valence-electron chi connectivity index (χ3n) is 3.77. The summed E-state index contributed by atoms with van der Waals surface area (Å²) in [4.78, 5) is 41.9. The number of aromatic amines is 1. The highest BCUT2D eigenvalue weighted by molar-refractivity contribution is 6.06. The van der Waals surface area contributed by atoms with Gasteiger partial charge >= 0.3 is 5.97 Å². The minimum Gasteiger partial charge on any atom is -0.493 e. The van der Waals surface area contributed by atoms with Crippen LogP contribution in [-0.2, 0) is 9.53 Å². The highest BCUT2D eigenvalue weighted by Crippen LogP contribution is 2.38. The standard InChI is InChI=1S/C19H22N4O7/c1-5-30-19(26)18-22-14(16(20)25)17(23-18)21-13(24)7-6-10-8-11(27-2)15(29-4)12(9-10)28-3/h6-9H,5H2,1-4H3,(H2,20,25)(H,21,24)(H,22,23)/b7-6+. The number of nitrogens with two attached hydrogens (primary N) is 1.